The van der Waals surface area contributed by atoms with E-state index in [9.17, 15) is 18.0 Å². The molecule has 0 radical (unpaired) electrons. The number of alkyl halides is 3. The molecule has 0 unspecified atom stereocenters. The third kappa shape index (κ3) is 3.67. The zero-order valence-corrected chi connectivity index (χ0v) is 12.9. The van der Waals surface area contributed by atoms with Crippen molar-refractivity contribution in [1.29, 1.82) is 0 Å². The van der Waals surface area contributed by atoms with Gasteiger partial charge in [0.25, 0.3) is 0 Å². The van der Waals surface area contributed by atoms with Gasteiger partial charge in [-0.1, -0.05) is 6.92 Å². The van der Waals surface area contributed by atoms with Crippen LogP contribution in [0.5, 0.6) is 0 Å². The van der Waals surface area contributed by atoms with Crippen molar-refractivity contribution in [3.8, 4) is 17.4 Å². The van der Waals surface area contributed by atoms with Crippen LogP contribution in [-0.4, -0.2) is 25.7 Å². The Balaban J connectivity index is 2.05. The zero-order chi connectivity index (χ0) is 18.0. The van der Waals surface area contributed by atoms with Crippen molar-refractivity contribution >= 4 is 11.7 Å². The van der Waals surface area contributed by atoms with Crippen molar-refractivity contribution in [1.82, 2.24) is 19.7 Å². The molecule has 0 aliphatic heterocycles. The summed E-state index contributed by atoms with van der Waals surface area (Å²) in [5.74, 6) is 0.303. The molecular formula is C15H12F3N5O2. The maximum atomic E-state index is 12.7. The van der Waals surface area contributed by atoms with Crippen LogP contribution in [0.25, 0.3) is 17.4 Å². The summed E-state index contributed by atoms with van der Waals surface area (Å²) in [6.07, 6.45) is -1.81. The molecule has 0 spiro atoms. The molecule has 1 amide bonds. The maximum Gasteiger partial charge on any atom is 0.435 e. The van der Waals surface area contributed by atoms with Crippen LogP contribution in [0, 0.1) is 0 Å². The van der Waals surface area contributed by atoms with Crippen molar-refractivity contribution in [2.45, 2.75) is 19.5 Å². The van der Waals surface area contributed by atoms with E-state index < -0.39 is 11.9 Å². The molecule has 0 aliphatic rings. The van der Waals surface area contributed by atoms with Gasteiger partial charge in [-0.2, -0.15) is 18.3 Å². The van der Waals surface area contributed by atoms with E-state index >= 15 is 0 Å². The van der Waals surface area contributed by atoms with Gasteiger partial charge in [0, 0.05) is 18.7 Å². The van der Waals surface area contributed by atoms with E-state index in [2.05, 4.69) is 20.4 Å². The second-order valence-electron chi connectivity index (χ2n) is 4.96. The molecule has 1 N–H and O–H groups in total. The Kier molecular flexibility index (Phi) is 4.26. The molecule has 0 saturated carbocycles. The molecule has 130 valence electrons. The summed E-state index contributed by atoms with van der Waals surface area (Å²) >= 11 is 0. The van der Waals surface area contributed by atoms with Crippen molar-refractivity contribution in [3.05, 3.63) is 42.4 Å². The first-order valence-corrected chi connectivity index (χ1v) is 7.23. The molecular weight excluding hydrogens is 339 g/mol. The SMILES string of the molecule is CCC(=O)Nc1cc(-n2ccc(C(F)(F)F)n2)nc(-c2ccco2)n1. The number of aromatic nitrogens is 4. The highest BCUT2D eigenvalue weighted by Crippen LogP contribution is 2.28. The van der Waals surface area contributed by atoms with Gasteiger partial charge in [-0.25, -0.2) is 14.6 Å². The fourth-order valence-corrected chi connectivity index (χ4v) is 1.97. The van der Waals surface area contributed by atoms with Gasteiger partial charge in [0.1, 0.15) is 5.82 Å². The molecule has 7 nitrogen and oxygen atoms in total. The highest BCUT2D eigenvalue weighted by molar-refractivity contribution is 5.89. The van der Waals surface area contributed by atoms with Gasteiger partial charge < -0.3 is 9.73 Å². The van der Waals surface area contributed by atoms with Gasteiger partial charge in [0.15, 0.2) is 23.1 Å². The molecule has 3 heterocycles. The normalized spacial score (nSPS) is 11.5. The van der Waals surface area contributed by atoms with Crippen LogP contribution < -0.4 is 5.32 Å². The monoisotopic (exact) mass is 351 g/mol. The third-order valence-corrected chi connectivity index (χ3v) is 3.16. The van der Waals surface area contributed by atoms with Crippen LogP contribution in [0.4, 0.5) is 19.0 Å². The predicted molar refractivity (Wildman–Crippen MR) is 80.8 cm³/mol. The lowest BCUT2D eigenvalue weighted by Gasteiger charge is -2.08. The second-order valence-corrected chi connectivity index (χ2v) is 4.96. The minimum absolute atomic E-state index is 0.0586. The van der Waals surface area contributed by atoms with Gasteiger partial charge in [0.2, 0.25) is 5.91 Å². The number of amides is 1. The number of furan rings is 1. The molecule has 3 rings (SSSR count). The van der Waals surface area contributed by atoms with Gasteiger partial charge in [-0.05, 0) is 18.2 Å². The lowest BCUT2D eigenvalue weighted by atomic mass is 10.4. The minimum atomic E-state index is -4.57. The summed E-state index contributed by atoms with van der Waals surface area (Å²) in [5, 5.41) is 6.02. The van der Waals surface area contributed by atoms with Crippen LogP contribution in [0.2, 0.25) is 0 Å². The highest BCUT2D eigenvalue weighted by atomic mass is 19.4. The summed E-state index contributed by atoms with van der Waals surface area (Å²) in [6.45, 7) is 1.66. The maximum absolute atomic E-state index is 12.7. The molecule has 0 bridgehead atoms. The Bertz CT molecular complexity index is 887. The van der Waals surface area contributed by atoms with Crippen LogP contribution >= 0.6 is 0 Å². The second kappa shape index (κ2) is 6.38. The van der Waals surface area contributed by atoms with Gasteiger partial charge in [0.05, 0.1) is 6.26 Å². The standard InChI is InChI=1S/C15H12F3N5O2/c1-2-13(24)19-11-8-12(21-14(20-11)9-4-3-7-25-9)23-6-5-10(22-23)15(16,17)18/h3-8H,2H2,1H3,(H,19,20,21,24). The van der Waals surface area contributed by atoms with E-state index in [1.807, 2.05) is 0 Å². The van der Waals surface area contributed by atoms with Gasteiger partial charge >= 0.3 is 6.18 Å². The fourth-order valence-electron chi connectivity index (χ4n) is 1.97. The summed E-state index contributed by atoms with van der Waals surface area (Å²) < 4.78 is 44.4. The lowest BCUT2D eigenvalue weighted by molar-refractivity contribution is -0.141. The van der Waals surface area contributed by atoms with Gasteiger partial charge in [-0.15, -0.1) is 0 Å². The number of nitrogens with zero attached hydrogens (tertiary/aromatic N) is 4. The zero-order valence-electron chi connectivity index (χ0n) is 12.9. The Hall–Kier alpha value is -3.17. The average molecular weight is 351 g/mol. The number of rotatable bonds is 4. The summed E-state index contributed by atoms with van der Waals surface area (Å²) in [7, 11) is 0. The average Bonchev–Trinajstić information content (AvgIpc) is 3.25. The number of carbonyl (C=O) groups is 1. The fraction of sp³-hybridized carbons (Fsp3) is 0.200. The van der Waals surface area contributed by atoms with Crippen LogP contribution in [0.1, 0.15) is 19.0 Å². The number of anilines is 1. The number of hydrogen-bond acceptors (Lipinski definition) is 5. The van der Waals surface area contributed by atoms with Crippen molar-refractivity contribution in [3.63, 3.8) is 0 Å². The smallest absolute Gasteiger partial charge is 0.435 e. The van der Waals surface area contributed by atoms with E-state index in [1.165, 1.54) is 12.3 Å². The Labute approximate surface area is 139 Å². The quantitative estimate of drug-likeness (QED) is 0.779. The molecule has 3 aromatic heterocycles. The Morgan fingerprint density at radius 3 is 2.72 bits per heavy atom. The van der Waals surface area contributed by atoms with Gasteiger partial charge in [-0.3, -0.25) is 4.79 Å². The summed E-state index contributed by atoms with van der Waals surface area (Å²) in [5.41, 5.74) is -1.05. The van der Waals surface area contributed by atoms with Crippen molar-refractivity contribution in [2.24, 2.45) is 0 Å². The molecule has 0 aliphatic carbocycles. The third-order valence-electron chi connectivity index (χ3n) is 3.16. The molecule has 0 aromatic carbocycles. The number of halogens is 3. The molecule has 25 heavy (non-hydrogen) atoms. The van der Waals surface area contributed by atoms with Crippen LogP contribution in [0.15, 0.2) is 41.1 Å². The summed E-state index contributed by atoms with van der Waals surface area (Å²) in [4.78, 5) is 19.9. The minimum Gasteiger partial charge on any atom is -0.461 e. The largest absolute Gasteiger partial charge is 0.461 e. The van der Waals surface area contributed by atoms with Crippen molar-refractivity contribution in [2.75, 3.05) is 5.32 Å². The molecule has 0 atom stereocenters. The van der Waals surface area contributed by atoms with Crippen molar-refractivity contribution < 1.29 is 22.4 Å². The number of nitrogens with one attached hydrogen (secondary N) is 1. The van der Waals surface area contributed by atoms with Crippen LogP contribution in [-0.2, 0) is 11.0 Å². The lowest BCUT2D eigenvalue weighted by Crippen LogP contribution is -2.13. The molecule has 0 saturated heterocycles. The Morgan fingerprint density at radius 2 is 2.12 bits per heavy atom. The first-order valence-electron chi connectivity index (χ1n) is 7.23. The van der Waals surface area contributed by atoms with E-state index in [1.54, 1.807) is 19.1 Å². The Morgan fingerprint density at radius 1 is 1.32 bits per heavy atom. The molecule has 0 fully saturated rings. The first-order chi connectivity index (χ1) is 11.9. The summed E-state index contributed by atoms with van der Waals surface area (Å²) in [6, 6.07) is 5.37. The number of carbonyl (C=O) groups excluding carboxylic acids is 1. The van der Waals surface area contributed by atoms with E-state index in [-0.39, 0.29) is 29.8 Å². The molecule has 10 heteroatoms. The topological polar surface area (TPSA) is 85.8 Å². The van der Waals surface area contributed by atoms with E-state index in [0.29, 0.717) is 5.76 Å². The highest BCUT2D eigenvalue weighted by Gasteiger charge is 2.33. The van der Waals surface area contributed by atoms with E-state index in [0.717, 1.165) is 16.9 Å². The van der Waals surface area contributed by atoms with E-state index in [4.69, 9.17) is 4.42 Å². The van der Waals surface area contributed by atoms with Crippen LogP contribution in [0.3, 0.4) is 0 Å². The number of hydrogen-bond donors (Lipinski definition) is 1. The molecule has 3 aromatic rings. The first kappa shape index (κ1) is 16.7. The predicted octanol–water partition coefficient (Wildman–Crippen LogP) is 3.29.